The number of halogens is 1. The molecule has 2 amide bonds. The van der Waals surface area contributed by atoms with Gasteiger partial charge in [0, 0.05) is 16.8 Å². The van der Waals surface area contributed by atoms with Gasteiger partial charge in [0.1, 0.15) is 5.69 Å². The highest BCUT2D eigenvalue weighted by Crippen LogP contribution is 2.07. The minimum Gasteiger partial charge on any atom is -0.357 e. The largest absolute Gasteiger partial charge is 0.357 e. The van der Waals surface area contributed by atoms with Crippen LogP contribution in [0.4, 0.5) is 0 Å². The summed E-state index contributed by atoms with van der Waals surface area (Å²) in [6.45, 7) is 5.57. The number of nitrogens with zero attached hydrogens (tertiary/aromatic N) is 1. The van der Waals surface area contributed by atoms with Gasteiger partial charge in [0.2, 0.25) is 0 Å². The van der Waals surface area contributed by atoms with Gasteiger partial charge in [-0.3, -0.25) is 25.4 Å². The van der Waals surface area contributed by atoms with Gasteiger partial charge in [0.15, 0.2) is 5.11 Å². The summed E-state index contributed by atoms with van der Waals surface area (Å²) in [5.74, 6) is -0.943. The van der Waals surface area contributed by atoms with Crippen LogP contribution >= 0.6 is 23.8 Å². The van der Waals surface area contributed by atoms with Gasteiger partial charge in [-0.05, 0) is 45.1 Å². The maximum absolute atomic E-state index is 11.8. The van der Waals surface area contributed by atoms with E-state index in [0.29, 0.717) is 5.02 Å². The quantitative estimate of drug-likeness (QED) is 0.478. The smallest absolute Gasteiger partial charge is 0.270 e. The van der Waals surface area contributed by atoms with Crippen molar-refractivity contribution < 1.29 is 9.59 Å². The summed E-state index contributed by atoms with van der Waals surface area (Å²) in [6, 6.07) is 2.97. The zero-order valence-corrected chi connectivity index (χ0v) is 14.1. The second-order valence-electron chi connectivity index (χ2n) is 5.42. The fraction of sp³-hybridized carbons (Fsp3) is 0.385. The monoisotopic (exact) mass is 343 g/mol. The van der Waals surface area contributed by atoms with E-state index in [9.17, 15) is 9.59 Å². The van der Waals surface area contributed by atoms with Crippen LogP contribution in [0, 0.1) is 0 Å². The Labute approximate surface area is 139 Å². The SMILES string of the molecule is CC(C)(C)NC(=S)NNC(=O)CNC(=O)c1cc(Cl)ccn1. The second kappa shape index (κ2) is 7.90. The highest BCUT2D eigenvalue weighted by Gasteiger charge is 2.12. The van der Waals surface area contributed by atoms with Crippen molar-refractivity contribution in [2.45, 2.75) is 26.3 Å². The Morgan fingerprint density at radius 3 is 2.59 bits per heavy atom. The zero-order valence-electron chi connectivity index (χ0n) is 12.5. The van der Waals surface area contributed by atoms with E-state index in [1.54, 1.807) is 6.07 Å². The van der Waals surface area contributed by atoms with Gasteiger partial charge < -0.3 is 10.6 Å². The van der Waals surface area contributed by atoms with E-state index in [-0.39, 0.29) is 22.9 Å². The molecule has 22 heavy (non-hydrogen) atoms. The minimum atomic E-state index is -0.493. The fourth-order valence-corrected chi connectivity index (χ4v) is 1.84. The summed E-state index contributed by atoms with van der Waals surface area (Å²) in [7, 11) is 0. The van der Waals surface area contributed by atoms with Gasteiger partial charge in [-0.25, -0.2) is 0 Å². The Morgan fingerprint density at radius 1 is 1.32 bits per heavy atom. The number of carbonyl (C=O) groups is 2. The number of thiocarbonyl (C=S) groups is 1. The summed E-state index contributed by atoms with van der Waals surface area (Å²) in [5, 5.41) is 6.06. The maximum atomic E-state index is 11.8. The normalized spacial score (nSPS) is 10.5. The molecule has 0 aromatic carbocycles. The van der Waals surface area contributed by atoms with Crippen LogP contribution in [0.2, 0.25) is 5.02 Å². The lowest BCUT2D eigenvalue weighted by molar-refractivity contribution is -0.120. The molecular weight excluding hydrogens is 326 g/mol. The van der Waals surface area contributed by atoms with Crippen molar-refractivity contribution in [2.24, 2.45) is 0 Å². The first-order valence-electron chi connectivity index (χ1n) is 6.44. The number of nitrogens with one attached hydrogen (secondary N) is 4. The lowest BCUT2D eigenvalue weighted by Crippen LogP contribution is -2.53. The third kappa shape index (κ3) is 7.19. The van der Waals surface area contributed by atoms with E-state index in [0.717, 1.165) is 0 Å². The molecule has 1 aromatic rings. The summed E-state index contributed by atoms with van der Waals surface area (Å²) in [6.07, 6.45) is 1.41. The Kier molecular flexibility index (Phi) is 6.51. The van der Waals surface area contributed by atoms with Crippen LogP contribution < -0.4 is 21.5 Å². The van der Waals surface area contributed by atoms with Crippen molar-refractivity contribution in [2.75, 3.05) is 6.54 Å². The molecule has 0 unspecified atom stereocenters. The molecule has 0 saturated heterocycles. The Balaban J connectivity index is 2.34. The number of carbonyl (C=O) groups excluding carboxylic acids is 2. The first kappa shape index (κ1) is 18.1. The molecule has 0 bridgehead atoms. The van der Waals surface area contributed by atoms with Crippen molar-refractivity contribution in [3.63, 3.8) is 0 Å². The van der Waals surface area contributed by atoms with Gasteiger partial charge in [-0.2, -0.15) is 0 Å². The number of aromatic nitrogens is 1. The number of pyridine rings is 1. The first-order chi connectivity index (χ1) is 10.2. The van der Waals surface area contributed by atoms with Gasteiger partial charge in [-0.1, -0.05) is 11.6 Å². The molecule has 7 nitrogen and oxygen atoms in total. The predicted molar refractivity (Wildman–Crippen MR) is 88.3 cm³/mol. The molecule has 0 saturated carbocycles. The Morgan fingerprint density at radius 2 is 2.00 bits per heavy atom. The molecule has 1 aromatic heterocycles. The standard InChI is InChI=1S/C13H18ClN5O2S/c1-13(2,3)17-12(22)19-18-10(20)7-16-11(21)9-6-8(14)4-5-15-9/h4-6H,7H2,1-3H3,(H,16,21)(H,18,20)(H2,17,19,22). The van der Waals surface area contributed by atoms with E-state index < -0.39 is 11.8 Å². The highest BCUT2D eigenvalue weighted by atomic mass is 35.5. The number of rotatable bonds is 3. The molecule has 0 fully saturated rings. The number of amides is 2. The van der Waals surface area contributed by atoms with Crippen LogP contribution in [0.5, 0.6) is 0 Å². The molecular formula is C13H18ClN5O2S. The molecule has 0 radical (unpaired) electrons. The summed E-state index contributed by atoms with van der Waals surface area (Å²) < 4.78 is 0. The van der Waals surface area contributed by atoms with Crippen LogP contribution in [-0.2, 0) is 4.79 Å². The molecule has 120 valence electrons. The Hall–Kier alpha value is -1.93. The minimum absolute atomic E-state index is 0.137. The van der Waals surface area contributed by atoms with Gasteiger partial charge in [0.05, 0.1) is 6.54 Å². The van der Waals surface area contributed by atoms with Crippen molar-refractivity contribution in [3.8, 4) is 0 Å². The van der Waals surface area contributed by atoms with Crippen LogP contribution in [0.15, 0.2) is 18.3 Å². The highest BCUT2D eigenvalue weighted by molar-refractivity contribution is 7.80. The van der Waals surface area contributed by atoms with E-state index >= 15 is 0 Å². The molecule has 1 heterocycles. The fourth-order valence-electron chi connectivity index (χ4n) is 1.32. The summed E-state index contributed by atoms with van der Waals surface area (Å²) in [4.78, 5) is 27.2. The average Bonchev–Trinajstić information content (AvgIpc) is 2.40. The van der Waals surface area contributed by atoms with E-state index in [2.05, 4.69) is 26.5 Å². The van der Waals surface area contributed by atoms with E-state index in [4.69, 9.17) is 23.8 Å². The van der Waals surface area contributed by atoms with E-state index in [1.165, 1.54) is 12.3 Å². The molecule has 0 aliphatic heterocycles. The number of hydrogen-bond acceptors (Lipinski definition) is 4. The number of hydrazine groups is 1. The van der Waals surface area contributed by atoms with Gasteiger partial charge in [-0.15, -0.1) is 0 Å². The lowest BCUT2D eigenvalue weighted by atomic mass is 10.1. The van der Waals surface area contributed by atoms with Gasteiger partial charge >= 0.3 is 0 Å². The molecule has 0 aliphatic carbocycles. The van der Waals surface area contributed by atoms with E-state index in [1.807, 2.05) is 20.8 Å². The molecule has 4 N–H and O–H groups in total. The lowest BCUT2D eigenvalue weighted by Gasteiger charge is -2.23. The third-order valence-electron chi connectivity index (χ3n) is 2.17. The predicted octanol–water partition coefficient (Wildman–Crippen LogP) is 0.759. The van der Waals surface area contributed by atoms with Crippen molar-refractivity contribution in [1.29, 1.82) is 0 Å². The average molecular weight is 344 g/mol. The van der Waals surface area contributed by atoms with Crippen molar-refractivity contribution in [3.05, 3.63) is 29.0 Å². The summed E-state index contributed by atoms with van der Waals surface area (Å²) in [5.41, 5.74) is 4.83. The molecule has 9 heteroatoms. The van der Waals surface area contributed by atoms with Crippen molar-refractivity contribution >= 4 is 40.7 Å². The molecule has 0 atom stereocenters. The second-order valence-corrected chi connectivity index (χ2v) is 6.26. The zero-order chi connectivity index (χ0) is 16.8. The van der Waals surface area contributed by atoms with Crippen molar-refractivity contribution in [1.82, 2.24) is 26.5 Å². The third-order valence-corrected chi connectivity index (χ3v) is 2.61. The molecule has 1 rings (SSSR count). The van der Waals surface area contributed by atoms with Crippen LogP contribution in [0.25, 0.3) is 0 Å². The number of hydrogen-bond donors (Lipinski definition) is 4. The molecule has 0 aliphatic rings. The summed E-state index contributed by atoms with van der Waals surface area (Å²) >= 11 is 10.8. The van der Waals surface area contributed by atoms with Crippen LogP contribution in [-0.4, -0.2) is 34.0 Å². The van der Waals surface area contributed by atoms with Gasteiger partial charge in [0.25, 0.3) is 11.8 Å². The first-order valence-corrected chi connectivity index (χ1v) is 7.23. The Bertz CT molecular complexity index is 574. The molecule has 0 spiro atoms. The topological polar surface area (TPSA) is 95.1 Å². The van der Waals surface area contributed by atoms with Crippen LogP contribution in [0.1, 0.15) is 31.3 Å². The maximum Gasteiger partial charge on any atom is 0.270 e. The van der Waals surface area contributed by atoms with Crippen LogP contribution in [0.3, 0.4) is 0 Å².